The molecule has 0 aromatic carbocycles. The molecule has 0 aliphatic rings. The van der Waals surface area contributed by atoms with Crippen LogP contribution in [0.2, 0.25) is 0 Å². The van der Waals surface area contributed by atoms with Gasteiger partial charge in [0, 0.05) is 23.7 Å². The van der Waals surface area contributed by atoms with E-state index in [4.69, 9.17) is 4.74 Å². The molecule has 1 rings (SSSR count). The topological polar surface area (TPSA) is 34.1 Å². The van der Waals surface area contributed by atoms with E-state index in [1.807, 2.05) is 12.1 Å². The molecule has 0 aliphatic heterocycles. The molecule has 1 heterocycles. The molecule has 3 heteroatoms. The van der Waals surface area contributed by atoms with Crippen LogP contribution in [-0.4, -0.2) is 24.7 Å². The van der Waals surface area contributed by atoms with Crippen molar-refractivity contribution in [2.75, 3.05) is 13.7 Å². The van der Waals surface area contributed by atoms with Gasteiger partial charge in [-0.05, 0) is 26.0 Å². The van der Waals surface area contributed by atoms with Gasteiger partial charge in [-0.2, -0.15) is 0 Å². The highest BCUT2D eigenvalue weighted by atomic mass is 16.5. The van der Waals surface area contributed by atoms with Gasteiger partial charge in [-0.15, -0.1) is 0 Å². The zero-order valence-corrected chi connectivity index (χ0v) is 10.7. The second-order valence-electron chi connectivity index (χ2n) is 4.14. The average molecular weight is 222 g/mol. The van der Waals surface area contributed by atoms with E-state index in [-0.39, 0.29) is 0 Å². The van der Waals surface area contributed by atoms with Crippen LogP contribution in [-0.2, 0) is 0 Å². The van der Waals surface area contributed by atoms with Crippen molar-refractivity contribution in [2.45, 2.75) is 39.2 Å². The fourth-order valence-corrected chi connectivity index (χ4v) is 1.60. The summed E-state index contributed by atoms with van der Waals surface area (Å²) >= 11 is 0. The van der Waals surface area contributed by atoms with Crippen LogP contribution in [0.15, 0.2) is 18.2 Å². The van der Waals surface area contributed by atoms with Crippen molar-refractivity contribution < 1.29 is 4.74 Å². The molecule has 0 spiro atoms. The largest absolute Gasteiger partial charge is 0.481 e. The number of pyridine rings is 1. The van der Waals surface area contributed by atoms with Gasteiger partial charge in [0.2, 0.25) is 5.88 Å². The molecular weight excluding hydrogens is 200 g/mol. The number of hydrogen-bond donors (Lipinski definition) is 1. The Morgan fingerprint density at radius 2 is 2.12 bits per heavy atom. The molecule has 2 unspecified atom stereocenters. The predicted octanol–water partition coefficient (Wildman–Crippen LogP) is 2.58. The maximum Gasteiger partial charge on any atom is 0.213 e. The van der Waals surface area contributed by atoms with Crippen LogP contribution in [0, 0.1) is 0 Å². The molecular formula is C13H22N2O. The van der Waals surface area contributed by atoms with Gasteiger partial charge in [0.15, 0.2) is 0 Å². The maximum atomic E-state index is 5.13. The second kappa shape index (κ2) is 6.48. The Morgan fingerprint density at radius 1 is 1.38 bits per heavy atom. The van der Waals surface area contributed by atoms with Crippen LogP contribution in [0.3, 0.4) is 0 Å². The van der Waals surface area contributed by atoms with E-state index in [0.717, 1.165) is 18.7 Å². The summed E-state index contributed by atoms with van der Waals surface area (Å²) < 4.78 is 5.13. The second-order valence-corrected chi connectivity index (χ2v) is 4.14. The molecule has 0 saturated heterocycles. The van der Waals surface area contributed by atoms with E-state index in [1.165, 1.54) is 0 Å². The molecule has 90 valence electrons. The van der Waals surface area contributed by atoms with E-state index in [1.54, 1.807) is 7.11 Å². The minimum absolute atomic E-state index is 0.390. The summed E-state index contributed by atoms with van der Waals surface area (Å²) in [6.45, 7) is 7.61. The van der Waals surface area contributed by atoms with Crippen LogP contribution in [0.25, 0.3) is 0 Å². The van der Waals surface area contributed by atoms with Gasteiger partial charge in [0.05, 0.1) is 7.11 Å². The summed E-state index contributed by atoms with van der Waals surface area (Å²) in [6, 6.07) is 6.35. The number of methoxy groups -OCH3 is 1. The summed E-state index contributed by atoms with van der Waals surface area (Å²) in [5.41, 5.74) is 1.08. The Bertz CT molecular complexity index is 315. The summed E-state index contributed by atoms with van der Waals surface area (Å²) in [4.78, 5) is 4.46. The zero-order chi connectivity index (χ0) is 12.0. The first-order chi connectivity index (χ1) is 7.69. The molecule has 16 heavy (non-hydrogen) atoms. The number of rotatable bonds is 6. The molecule has 1 aromatic heterocycles. The number of ether oxygens (including phenoxy) is 1. The van der Waals surface area contributed by atoms with E-state index in [2.05, 4.69) is 37.1 Å². The minimum Gasteiger partial charge on any atom is -0.481 e. The number of hydrogen-bond acceptors (Lipinski definition) is 3. The third-order valence-corrected chi connectivity index (χ3v) is 2.89. The minimum atomic E-state index is 0.390. The number of nitrogens with zero attached hydrogens (tertiary/aromatic N) is 1. The first-order valence-corrected chi connectivity index (χ1v) is 5.93. The van der Waals surface area contributed by atoms with E-state index in [0.29, 0.717) is 17.8 Å². The van der Waals surface area contributed by atoms with Crippen LogP contribution in [0.5, 0.6) is 5.88 Å². The van der Waals surface area contributed by atoms with Gasteiger partial charge in [0.25, 0.3) is 0 Å². The van der Waals surface area contributed by atoms with Crippen molar-refractivity contribution in [2.24, 2.45) is 0 Å². The number of aromatic nitrogens is 1. The highest BCUT2D eigenvalue weighted by Crippen LogP contribution is 2.19. The van der Waals surface area contributed by atoms with Crippen LogP contribution in [0.4, 0.5) is 0 Å². The van der Waals surface area contributed by atoms with Gasteiger partial charge in [-0.3, -0.25) is 0 Å². The van der Waals surface area contributed by atoms with E-state index < -0.39 is 0 Å². The standard InChI is InChI=1S/C13H22N2O/c1-5-9-14-11(3)10(2)12-7-6-8-13(15-12)16-4/h6-8,10-11,14H,5,9H2,1-4H3. The summed E-state index contributed by atoms with van der Waals surface area (Å²) in [5, 5.41) is 3.49. The SMILES string of the molecule is CCCNC(C)C(C)c1cccc(OC)n1. The smallest absolute Gasteiger partial charge is 0.213 e. The van der Waals surface area contributed by atoms with Crippen molar-refractivity contribution in [3.05, 3.63) is 23.9 Å². The Labute approximate surface area is 98.2 Å². The average Bonchev–Trinajstić information content (AvgIpc) is 2.35. The van der Waals surface area contributed by atoms with Crippen molar-refractivity contribution in [1.82, 2.24) is 10.3 Å². The van der Waals surface area contributed by atoms with Crippen molar-refractivity contribution in [1.29, 1.82) is 0 Å². The molecule has 0 fully saturated rings. The monoisotopic (exact) mass is 222 g/mol. The van der Waals surface area contributed by atoms with Crippen LogP contribution >= 0.6 is 0 Å². The Morgan fingerprint density at radius 3 is 2.75 bits per heavy atom. The molecule has 0 saturated carbocycles. The Hall–Kier alpha value is -1.09. The lowest BCUT2D eigenvalue weighted by atomic mass is 9.99. The summed E-state index contributed by atoms with van der Waals surface area (Å²) in [7, 11) is 1.65. The fourth-order valence-electron chi connectivity index (χ4n) is 1.60. The van der Waals surface area contributed by atoms with Crippen LogP contribution < -0.4 is 10.1 Å². The quantitative estimate of drug-likeness (QED) is 0.803. The van der Waals surface area contributed by atoms with Gasteiger partial charge < -0.3 is 10.1 Å². The molecule has 0 aliphatic carbocycles. The van der Waals surface area contributed by atoms with Crippen molar-refractivity contribution in [3.63, 3.8) is 0 Å². The molecule has 3 nitrogen and oxygen atoms in total. The summed E-state index contributed by atoms with van der Waals surface area (Å²) in [6.07, 6.45) is 1.16. The third kappa shape index (κ3) is 3.49. The molecule has 0 bridgehead atoms. The normalized spacial score (nSPS) is 14.5. The van der Waals surface area contributed by atoms with Gasteiger partial charge in [-0.25, -0.2) is 4.98 Å². The predicted molar refractivity (Wildman–Crippen MR) is 67.0 cm³/mol. The molecule has 0 radical (unpaired) electrons. The molecule has 2 atom stereocenters. The first-order valence-electron chi connectivity index (χ1n) is 5.93. The Balaban J connectivity index is 2.67. The maximum absolute atomic E-state index is 5.13. The van der Waals surface area contributed by atoms with Gasteiger partial charge >= 0.3 is 0 Å². The lowest BCUT2D eigenvalue weighted by Crippen LogP contribution is -2.31. The Kier molecular flexibility index (Phi) is 5.26. The van der Waals surface area contributed by atoms with Crippen LogP contribution in [0.1, 0.15) is 38.8 Å². The number of nitrogens with one attached hydrogen (secondary N) is 1. The highest BCUT2D eigenvalue weighted by Gasteiger charge is 2.15. The van der Waals surface area contributed by atoms with Crippen molar-refractivity contribution in [3.8, 4) is 5.88 Å². The third-order valence-electron chi connectivity index (χ3n) is 2.89. The highest BCUT2D eigenvalue weighted by molar-refractivity contribution is 5.19. The molecule has 0 amide bonds. The summed E-state index contributed by atoms with van der Waals surface area (Å²) in [5.74, 6) is 1.08. The molecule has 1 N–H and O–H groups in total. The van der Waals surface area contributed by atoms with Gasteiger partial charge in [-0.1, -0.05) is 19.9 Å². The lowest BCUT2D eigenvalue weighted by molar-refractivity contribution is 0.392. The first kappa shape index (κ1) is 13.0. The van der Waals surface area contributed by atoms with Gasteiger partial charge in [0.1, 0.15) is 0 Å². The zero-order valence-electron chi connectivity index (χ0n) is 10.7. The molecule has 1 aromatic rings. The lowest BCUT2D eigenvalue weighted by Gasteiger charge is -2.20. The van der Waals surface area contributed by atoms with Crippen molar-refractivity contribution >= 4 is 0 Å². The van der Waals surface area contributed by atoms with E-state index >= 15 is 0 Å². The fraction of sp³-hybridized carbons (Fsp3) is 0.615. The van der Waals surface area contributed by atoms with E-state index in [9.17, 15) is 0 Å².